The van der Waals surface area contributed by atoms with Gasteiger partial charge in [-0.05, 0) is 24.5 Å². The van der Waals surface area contributed by atoms with E-state index in [4.69, 9.17) is 0 Å². The van der Waals surface area contributed by atoms with Crippen molar-refractivity contribution in [3.8, 4) is 0 Å². The van der Waals surface area contributed by atoms with Crippen molar-refractivity contribution >= 4 is 22.3 Å². The van der Waals surface area contributed by atoms with Gasteiger partial charge in [0.15, 0.2) is 0 Å². The van der Waals surface area contributed by atoms with Gasteiger partial charge in [0.25, 0.3) is 0 Å². The highest BCUT2D eigenvalue weighted by molar-refractivity contribution is 6.00. The normalized spacial score (nSPS) is 10.7. The van der Waals surface area contributed by atoms with E-state index in [0.29, 0.717) is 0 Å². The number of aryl methyl sites for hydroxylation is 1. The summed E-state index contributed by atoms with van der Waals surface area (Å²) < 4.78 is 0. The number of nitrogens with zero attached hydrogens (tertiary/aromatic N) is 2. The van der Waals surface area contributed by atoms with Crippen LogP contribution in [0.4, 0.5) is 11.5 Å². The van der Waals surface area contributed by atoms with Crippen molar-refractivity contribution in [2.75, 3.05) is 31.4 Å². The fourth-order valence-corrected chi connectivity index (χ4v) is 2.37. The lowest BCUT2D eigenvalue weighted by atomic mass is 10.0. The highest BCUT2D eigenvalue weighted by Gasteiger charge is 2.09. The molecule has 2 rings (SSSR count). The number of hydrogen-bond acceptors (Lipinski definition) is 3. The van der Waals surface area contributed by atoms with Crippen LogP contribution in [-0.4, -0.2) is 26.1 Å². The van der Waals surface area contributed by atoms with Crippen molar-refractivity contribution in [2.24, 2.45) is 0 Å². The maximum atomic E-state index is 4.56. The van der Waals surface area contributed by atoms with Crippen LogP contribution in [0.5, 0.6) is 0 Å². The zero-order valence-electron chi connectivity index (χ0n) is 12.3. The van der Waals surface area contributed by atoms with Gasteiger partial charge in [0.05, 0.1) is 11.9 Å². The van der Waals surface area contributed by atoms with Crippen LogP contribution in [0.25, 0.3) is 10.8 Å². The Kier molecular flexibility index (Phi) is 4.25. The van der Waals surface area contributed by atoms with E-state index in [1.807, 2.05) is 27.3 Å². The molecule has 1 aromatic heterocycles. The molecule has 1 heterocycles. The van der Waals surface area contributed by atoms with Crippen LogP contribution in [-0.2, 0) is 6.42 Å². The van der Waals surface area contributed by atoms with Crippen LogP contribution in [0, 0.1) is 0 Å². The van der Waals surface area contributed by atoms with Gasteiger partial charge in [-0.1, -0.05) is 25.5 Å². The summed E-state index contributed by atoms with van der Waals surface area (Å²) in [6.07, 6.45) is 5.52. The van der Waals surface area contributed by atoms with Crippen molar-refractivity contribution in [1.29, 1.82) is 0 Å². The zero-order chi connectivity index (χ0) is 13.8. The molecular weight excluding hydrogens is 234 g/mol. The molecule has 2 aromatic rings. The number of aromatic nitrogens is 1. The summed E-state index contributed by atoms with van der Waals surface area (Å²) in [7, 11) is 6.02. The average molecular weight is 257 g/mol. The Balaban J connectivity index is 2.56. The van der Waals surface area contributed by atoms with Crippen molar-refractivity contribution in [1.82, 2.24) is 4.98 Å². The number of rotatable bonds is 5. The molecule has 0 spiro atoms. The number of hydrogen-bond donors (Lipinski definition) is 1. The molecule has 0 saturated heterocycles. The van der Waals surface area contributed by atoms with Crippen molar-refractivity contribution in [2.45, 2.75) is 26.2 Å². The van der Waals surface area contributed by atoms with E-state index in [0.717, 1.165) is 17.9 Å². The van der Waals surface area contributed by atoms with Crippen molar-refractivity contribution in [3.05, 3.63) is 30.0 Å². The number of benzene rings is 1. The Labute approximate surface area is 115 Å². The minimum absolute atomic E-state index is 1.03. The van der Waals surface area contributed by atoms with Crippen LogP contribution in [0.2, 0.25) is 0 Å². The van der Waals surface area contributed by atoms with Crippen molar-refractivity contribution < 1.29 is 0 Å². The first-order chi connectivity index (χ1) is 9.17. The largest absolute Gasteiger partial charge is 0.386 e. The molecule has 0 saturated carbocycles. The maximum Gasteiger partial charge on any atom is 0.136 e. The van der Waals surface area contributed by atoms with Crippen molar-refractivity contribution in [3.63, 3.8) is 0 Å². The minimum Gasteiger partial charge on any atom is -0.386 e. The van der Waals surface area contributed by atoms with Gasteiger partial charge in [0, 0.05) is 31.9 Å². The Morgan fingerprint density at radius 2 is 2.00 bits per heavy atom. The van der Waals surface area contributed by atoms with Gasteiger partial charge >= 0.3 is 0 Å². The molecule has 0 atom stereocenters. The Morgan fingerprint density at radius 3 is 2.63 bits per heavy atom. The zero-order valence-corrected chi connectivity index (χ0v) is 12.3. The summed E-state index contributed by atoms with van der Waals surface area (Å²) in [5, 5.41) is 5.68. The Morgan fingerprint density at radius 1 is 1.21 bits per heavy atom. The van der Waals surface area contributed by atoms with Crippen LogP contribution in [0.15, 0.2) is 24.4 Å². The second kappa shape index (κ2) is 5.91. The van der Waals surface area contributed by atoms with E-state index in [1.54, 1.807) is 0 Å². The summed E-state index contributed by atoms with van der Waals surface area (Å²) in [5.41, 5.74) is 2.48. The Hall–Kier alpha value is -1.77. The predicted molar refractivity (Wildman–Crippen MR) is 84.2 cm³/mol. The lowest BCUT2D eigenvalue weighted by Gasteiger charge is -2.17. The first-order valence-electron chi connectivity index (χ1n) is 6.94. The second-order valence-corrected chi connectivity index (χ2v) is 5.12. The summed E-state index contributed by atoms with van der Waals surface area (Å²) in [6, 6.07) is 6.73. The lowest BCUT2D eigenvalue weighted by Crippen LogP contribution is -2.11. The number of pyridine rings is 1. The smallest absolute Gasteiger partial charge is 0.136 e. The van der Waals surface area contributed by atoms with Gasteiger partial charge in [0.1, 0.15) is 5.82 Å². The fraction of sp³-hybridized carbons (Fsp3) is 0.438. The Bertz CT molecular complexity index is 561. The number of anilines is 2. The van der Waals surface area contributed by atoms with Gasteiger partial charge in [0.2, 0.25) is 0 Å². The monoisotopic (exact) mass is 257 g/mol. The molecule has 0 aliphatic carbocycles. The number of nitrogens with one attached hydrogen (secondary N) is 1. The van der Waals surface area contributed by atoms with Crippen LogP contribution >= 0.6 is 0 Å². The van der Waals surface area contributed by atoms with Gasteiger partial charge in [-0.15, -0.1) is 0 Å². The molecule has 19 heavy (non-hydrogen) atoms. The standard InChI is InChI=1S/C16H23N3/c1-5-6-7-12-8-9-13-14(10-12)16(19(3)4)18-11-15(13)17-2/h8-11,17H,5-7H2,1-4H3. The van der Waals surface area contributed by atoms with E-state index in [-0.39, 0.29) is 0 Å². The SMILES string of the molecule is CCCCc1ccc2c(NC)cnc(N(C)C)c2c1. The summed E-state index contributed by atoms with van der Waals surface area (Å²) in [6.45, 7) is 2.23. The molecule has 102 valence electrons. The lowest BCUT2D eigenvalue weighted by molar-refractivity contribution is 0.796. The summed E-state index contributed by atoms with van der Waals surface area (Å²) in [4.78, 5) is 6.64. The quantitative estimate of drug-likeness (QED) is 0.885. The second-order valence-electron chi connectivity index (χ2n) is 5.12. The van der Waals surface area contributed by atoms with E-state index >= 15 is 0 Å². The minimum atomic E-state index is 1.03. The van der Waals surface area contributed by atoms with E-state index in [2.05, 4.69) is 40.3 Å². The van der Waals surface area contributed by atoms with Crippen LogP contribution < -0.4 is 10.2 Å². The predicted octanol–water partition coefficient (Wildman–Crippen LogP) is 3.69. The molecule has 1 aromatic carbocycles. The number of fused-ring (bicyclic) bond motifs is 1. The molecule has 1 N–H and O–H groups in total. The van der Waals surface area contributed by atoms with Crippen LogP contribution in [0.3, 0.4) is 0 Å². The van der Waals surface area contributed by atoms with E-state index in [9.17, 15) is 0 Å². The summed E-state index contributed by atoms with van der Waals surface area (Å²) >= 11 is 0. The van der Waals surface area contributed by atoms with Gasteiger partial charge in [-0.25, -0.2) is 4.98 Å². The van der Waals surface area contributed by atoms with E-state index in [1.165, 1.54) is 29.2 Å². The summed E-state index contributed by atoms with van der Waals surface area (Å²) in [5.74, 6) is 1.03. The molecular formula is C16H23N3. The molecule has 3 heteroatoms. The number of unbranched alkanes of at least 4 members (excludes halogenated alkanes) is 1. The molecule has 0 aliphatic heterocycles. The third-order valence-corrected chi connectivity index (χ3v) is 3.44. The van der Waals surface area contributed by atoms with Gasteiger partial charge < -0.3 is 10.2 Å². The molecule has 0 aliphatic rings. The highest BCUT2D eigenvalue weighted by Crippen LogP contribution is 2.30. The molecule has 0 radical (unpaired) electrons. The average Bonchev–Trinajstić information content (AvgIpc) is 2.43. The van der Waals surface area contributed by atoms with Gasteiger partial charge in [-0.2, -0.15) is 0 Å². The third kappa shape index (κ3) is 2.80. The molecule has 0 amide bonds. The molecule has 0 bridgehead atoms. The topological polar surface area (TPSA) is 28.2 Å². The van der Waals surface area contributed by atoms with Crippen LogP contribution in [0.1, 0.15) is 25.3 Å². The first-order valence-corrected chi connectivity index (χ1v) is 6.94. The van der Waals surface area contributed by atoms with E-state index < -0.39 is 0 Å². The molecule has 0 unspecified atom stereocenters. The fourth-order valence-electron chi connectivity index (χ4n) is 2.37. The third-order valence-electron chi connectivity index (χ3n) is 3.44. The maximum absolute atomic E-state index is 4.56. The molecule has 0 fully saturated rings. The first kappa shape index (κ1) is 13.7. The highest BCUT2D eigenvalue weighted by atomic mass is 15.1. The van der Waals surface area contributed by atoms with Gasteiger partial charge in [-0.3, -0.25) is 0 Å². The molecule has 3 nitrogen and oxygen atoms in total.